The van der Waals surface area contributed by atoms with Crippen LogP contribution < -0.4 is 10.6 Å². The molecule has 0 saturated carbocycles. The molecule has 0 unspecified atom stereocenters. The van der Waals surface area contributed by atoms with Gasteiger partial charge in [0.1, 0.15) is 11.6 Å². The van der Waals surface area contributed by atoms with Crippen molar-refractivity contribution in [3.05, 3.63) is 64.7 Å². The Morgan fingerprint density at radius 2 is 1.74 bits per heavy atom. The van der Waals surface area contributed by atoms with Crippen LogP contribution in [0.1, 0.15) is 5.56 Å². The van der Waals surface area contributed by atoms with E-state index in [9.17, 15) is 18.4 Å². The second-order valence-corrected chi connectivity index (χ2v) is 5.13. The molecule has 0 aliphatic rings. The van der Waals surface area contributed by atoms with E-state index >= 15 is 0 Å². The molecule has 0 bridgehead atoms. The van der Waals surface area contributed by atoms with Crippen LogP contribution in [0.5, 0.6) is 0 Å². The predicted molar refractivity (Wildman–Crippen MR) is 83.2 cm³/mol. The van der Waals surface area contributed by atoms with Gasteiger partial charge < -0.3 is 10.6 Å². The molecule has 2 aromatic rings. The Bertz CT molecular complexity index is 738. The first-order chi connectivity index (χ1) is 11.0. The molecule has 0 heterocycles. The maximum absolute atomic E-state index is 13.4. The van der Waals surface area contributed by atoms with Gasteiger partial charge in [0.2, 0.25) is 11.8 Å². The Balaban J connectivity index is 1.83. The van der Waals surface area contributed by atoms with Gasteiger partial charge in [-0.1, -0.05) is 29.8 Å². The number of rotatable bonds is 5. The highest BCUT2D eigenvalue weighted by molar-refractivity contribution is 6.31. The summed E-state index contributed by atoms with van der Waals surface area (Å²) in [4.78, 5) is 23.4. The number of hydrogen-bond acceptors (Lipinski definition) is 2. The van der Waals surface area contributed by atoms with Gasteiger partial charge in [0.25, 0.3) is 0 Å². The first kappa shape index (κ1) is 16.9. The lowest BCUT2D eigenvalue weighted by atomic mass is 10.1. The molecule has 0 spiro atoms. The van der Waals surface area contributed by atoms with Gasteiger partial charge in [-0.25, -0.2) is 8.78 Å². The number of carbonyl (C=O) groups is 2. The molecule has 2 amide bonds. The van der Waals surface area contributed by atoms with Crippen LogP contribution in [-0.2, 0) is 16.0 Å². The van der Waals surface area contributed by atoms with E-state index in [1.807, 2.05) is 0 Å². The van der Waals surface area contributed by atoms with E-state index in [0.29, 0.717) is 5.69 Å². The SMILES string of the molecule is O=C(Cc1ccccc1F)NCC(=O)Nc1ccc(F)c(Cl)c1. The third-order valence-corrected chi connectivity index (χ3v) is 3.25. The average Bonchev–Trinajstić information content (AvgIpc) is 2.51. The fourth-order valence-corrected chi connectivity index (χ4v) is 2.02. The highest BCUT2D eigenvalue weighted by atomic mass is 35.5. The number of nitrogens with one attached hydrogen (secondary N) is 2. The molecule has 7 heteroatoms. The average molecular weight is 339 g/mol. The van der Waals surface area contributed by atoms with Gasteiger partial charge in [-0.2, -0.15) is 0 Å². The zero-order valence-corrected chi connectivity index (χ0v) is 12.7. The number of hydrogen-bond donors (Lipinski definition) is 2. The first-order valence-electron chi connectivity index (χ1n) is 6.70. The molecule has 23 heavy (non-hydrogen) atoms. The summed E-state index contributed by atoms with van der Waals surface area (Å²) in [6.45, 7) is -0.289. The minimum absolute atomic E-state index is 0.119. The Labute approximate surface area is 136 Å². The maximum atomic E-state index is 13.4. The molecule has 0 fully saturated rings. The molecule has 2 rings (SSSR count). The Kier molecular flexibility index (Phi) is 5.65. The molecule has 2 N–H and O–H groups in total. The molecule has 0 aliphatic heterocycles. The molecule has 4 nitrogen and oxygen atoms in total. The molecule has 0 aliphatic carbocycles. The van der Waals surface area contributed by atoms with Gasteiger partial charge in [0.15, 0.2) is 0 Å². The van der Waals surface area contributed by atoms with Crippen molar-refractivity contribution in [1.82, 2.24) is 5.32 Å². The normalized spacial score (nSPS) is 10.2. The molecule has 2 aromatic carbocycles. The summed E-state index contributed by atoms with van der Waals surface area (Å²) in [5, 5.41) is 4.72. The van der Waals surface area contributed by atoms with Crippen molar-refractivity contribution in [3.63, 3.8) is 0 Å². The minimum Gasteiger partial charge on any atom is -0.347 e. The quantitative estimate of drug-likeness (QED) is 0.880. The Hall–Kier alpha value is -2.47. The number of carbonyl (C=O) groups excluding carboxylic acids is 2. The van der Waals surface area contributed by atoms with Gasteiger partial charge in [-0.05, 0) is 29.8 Å². The number of anilines is 1. The van der Waals surface area contributed by atoms with Gasteiger partial charge >= 0.3 is 0 Å². The van der Waals surface area contributed by atoms with E-state index < -0.39 is 23.4 Å². The van der Waals surface area contributed by atoms with E-state index in [-0.39, 0.29) is 23.6 Å². The molecular formula is C16H13ClF2N2O2. The maximum Gasteiger partial charge on any atom is 0.243 e. The largest absolute Gasteiger partial charge is 0.347 e. The number of benzene rings is 2. The van der Waals surface area contributed by atoms with Crippen molar-refractivity contribution >= 4 is 29.1 Å². The topological polar surface area (TPSA) is 58.2 Å². The zero-order chi connectivity index (χ0) is 16.8. The van der Waals surface area contributed by atoms with Crippen molar-refractivity contribution in [2.45, 2.75) is 6.42 Å². The summed E-state index contributed by atoms with van der Waals surface area (Å²) in [6, 6.07) is 9.63. The third-order valence-electron chi connectivity index (χ3n) is 2.96. The fourth-order valence-electron chi connectivity index (χ4n) is 1.84. The van der Waals surface area contributed by atoms with Gasteiger partial charge in [0.05, 0.1) is 18.0 Å². The zero-order valence-electron chi connectivity index (χ0n) is 11.9. The van der Waals surface area contributed by atoms with E-state index in [4.69, 9.17) is 11.6 Å². The first-order valence-corrected chi connectivity index (χ1v) is 7.08. The van der Waals surface area contributed by atoms with Crippen LogP contribution in [-0.4, -0.2) is 18.4 Å². The number of amides is 2. The van der Waals surface area contributed by atoms with Crippen LogP contribution in [0.25, 0.3) is 0 Å². The van der Waals surface area contributed by atoms with E-state index in [0.717, 1.165) is 6.07 Å². The predicted octanol–water partition coefficient (Wildman–Crippen LogP) is 2.92. The van der Waals surface area contributed by atoms with Crippen molar-refractivity contribution < 1.29 is 18.4 Å². The van der Waals surface area contributed by atoms with Crippen molar-refractivity contribution in [3.8, 4) is 0 Å². The van der Waals surface area contributed by atoms with Crippen LogP contribution in [0.2, 0.25) is 5.02 Å². The Morgan fingerprint density at radius 3 is 2.43 bits per heavy atom. The van der Waals surface area contributed by atoms with Crippen LogP contribution in [0, 0.1) is 11.6 Å². The Morgan fingerprint density at radius 1 is 1.00 bits per heavy atom. The summed E-state index contributed by atoms with van der Waals surface area (Å²) < 4.78 is 26.4. The van der Waals surface area contributed by atoms with Crippen LogP contribution in [0.3, 0.4) is 0 Å². The van der Waals surface area contributed by atoms with Gasteiger partial charge in [-0.3, -0.25) is 9.59 Å². The smallest absolute Gasteiger partial charge is 0.243 e. The van der Waals surface area contributed by atoms with Crippen LogP contribution >= 0.6 is 11.6 Å². The lowest BCUT2D eigenvalue weighted by Gasteiger charge is -2.08. The summed E-state index contributed by atoms with van der Waals surface area (Å²) in [7, 11) is 0. The van der Waals surface area contributed by atoms with Crippen molar-refractivity contribution in [2.24, 2.45) is 0 Å². The second kappa shape index (κ2) is 7.69. The summed E-state index contributed by atoms with van der Waals surface area (Å²) in [5.74, 6) is -2.06. The third kappa shape index (κ3) is 5.03. The minimum atomic E-state index is -0.595. The lowest BCUT2D eigenvalue weighted by molar-refractivity contribution is -0.123. The van der Waals surface area contributed by atoms with Crippen molar-refractivity contribution in [2.75, 3.05) is 11.9 Å². The van der Waals surface area contributed by atoms with E-state index in [1.54, 1.807) is 6.07 Å². The van der Waals surface area contributed by atoms with Crippen molar-refractivity contribution in [1.29, 1.82) is 0 Å². The summed E-state index contributed by atoms with van der Waals surface area (Å²) >= 11 is 5.60. The van der Waals surface area contributed by atoms with E-state index in [2.05, 4.69) is 10.6 Å². The second-order valence-electron chi connectivity index (χ2n) is 4.72. The standard InChI is InChI=1S/C16H13ClF2N2O2/c17-12-8-11(5-6-14(12)19)21-16(23)9-20-15(22)7-10-3-1-2-4-13(10)18/h1-6,8H,7,9H2,(H,20,22)(H,21,23). The van der Waals surface area contributed by atoms with Crippen LogP contribution in [0.15, 0.2) is 42.5 Å². The van der Waals surface area contributed by atoms with Gasteiger partial charge in [-0.15, -0.1) is 0 Å². The van der Waals surface area contributed by atoms with E-state index in [1.165, 1.54) is 30.3 Å². The lowest BCUT2D eigenvalue weighted by Crippen LogP contribution is -2.33. The van der Waals surface area contributed by atoms with Gasteiger partial charge in [0, 0.05) is 5.69 Å². The molecule has 0 saturated heterocycles. The molecule has 0 radical (unpaired) electrons. The molecule has 0 atom stereocenters. The summed E-state index contributed by atoms with van der Waals surface area (Å²) in [6.07, 6.45) is -0.164. The fraction of sp³-hybridized carbons (Fsp3) is 0.125. The highest BCUT2D eigenvalue weighted by Crippen LogP contribution is 2.19. The molecule has 120 valence electrons. The number of halogens is 3. The highest BCUT2D eigenvalue weighted by Gasteiger charge is 2.10. The van der Waals surface area contributed by atoms with Crippen LogP contribution in [0.4, 0.5) is 14.5 Å². The molecule has 0 aromatic heterocycles. The monoisotopic (exact) mass is 338 g/mol. The molecular weight excluding hydrogens is 326 g/mol. The summed E-state index contributed by atoms with van der Waals surface area (Å²) in [5.41, 5.74) is 0.556.